The monoisotopic (exact) mass is 294 g/mol. The average molecular weight is 295 g/mol. The van der Waals surface area contributed by atoms with E-state index >= 15 is 0 Å². The van der Waals surface area contributed by atoms with Gasteiger partial charge in [0.05, 0.1) is 0 Å². The van der Waals surface area contributed by atoms with Crippen molar-refractivity contribution in [3.63, 3.8) is 0 Å². The standard InChI is InChI=1S/C16H22N2O.ClH/c1-12-8-11-18(15-5-3-2-4-14(12)15)16(19)13-6-9-17-10-7-13;/h2-5,12-13,17H,6-11H2,1H3;1H. The van der Waals surface area contributed by atoms with Gasteiger partial charge in [0.2, 0.25) is 5.91 Å². The van der Waals surface area contributed by atoms with Gasteiger partial charge in [-0.15, -0.1) is 12.4 Å². The van der Waals surface area contributed by atoms with Crippen molar-refractivity contribution in [1.82, 2.24) is 5.32 Å². The maximum Gasteiger partial charge on any atom is 0.230 e. The minimum atomic E-state index is 0. The largest absolute Gasteiger partial charge is 0.317 e. The molecule has 0 spiro atoms. The number of nitrogens with zero attached hydrogens (tertiary/aromatic N) is 1. The fourth-order valence-corrected chi connectivity index (χ4v) is 3.27. The van der Waals surface area contributed by atoms with Crippen molar-refractivity contribution in [2.45, 2.75) is 32.1 Å². The number of fused-ring (bicyclic) bond motifs is 1. The predicted molar refractivity (Wildman–Crippen MR) is 84.7 cm³/mol. The number of carbonyl (C=O) groups excluding carboxylic acids is 1. The van der Waals surface area contributed by atoms with Crippen molar-refractivity contribution in [1.29, 1.82) is 0 Å². The number of piperidine rings is 1. The lowest BCUT2D eigenvalue weighted by Gasteiger charge is -2.36. The van der Waals surface area contributed by atoms with Crippen LogP contribution in [-0.4, -0.2) is 25.5 Å². The van der Waals surface area contributed by atoms with Gasteiger partial charge in [0, 0.05) is 18.2 Å². The number of amides is 1. The highest BCUT2D eigenvalue weighted by Gasteiger charge is 2.31. The smallest absolute Gasteiger partial charge is 0.230 e. The second-order valence-corrected chi connectivity index (χ2v) is 5.76. The lowest BCUT2D eigenvalue weighted by Crippen LogP contribution is -2.43. The molecule has 2 heterocycles. The third kappa shape index (κ3) is 2.84. The summed E-state index contributed by atoms with van der Waals surface area (Å²) in [7, 11) is 0. The second kappa shape index (κ2) is 6.59. The molecule has 0 bridgehead atoms. The Hall–Kier alpha value is -1.06. The van der Waals surface area contributed by atoms with E-state index in [0.29, 0.717) is 11.8 Å². The highest BCUT2D eigenvalue weighted by Crippen LogP contribution is 2.36. The highest BCUT2D eigenvalue weighted by atomic mass is 35.5. The summed E-state index contributed by atoms with van der Waals surface area (Å²) in [5.74, 6) is 1.11. The van der Waals surface area contributed by atoms with Crippen molar-refractivity contribution in [2.75, 3.05) is 24.5 Å². The number of anilines is 1. The molecular formula is C16H23ClN2O. The molecule has 110 valence electrons. The van der Waals surface area contributed by atoms with E-state index in [9.17, 15) is 4.79 Å². The van der Waals surface area contributed by atoms with Crippen LogP contribution < -0.4 is 10.2 Å². The first kappa shape index (κ1) is 15.3. The summed E-state index contributed by atoms with van der Waals surface area (Å²) in [5.41, 5.74) is 2.47. The molecular weight excluding hydrogens is 272 g/mol. The van der Waals surface area contributed by atoms with Crippen LogP contribution in [0.2, 0.25) is 0 Å². The third-order valence-corrected chi connectivity index (χ3v) is 4.50. The molecule has 1 unspecified atom stereocenters. The van der Waals surface area contributed by atoms with Crippen LogP contribution in [0.3, 0.4) is 0 Å². The van der Waals surface area contributed by atoms with Crippen LogP contribution in [0.5, 0.6) is 0 Å². The van der Waals surface area contributed by atoms with Crippen LogP contribution in [0.25, 0.3) is 0 Å². The number of carbonyl (C=O) groups is 1. The number of para-hydroxylation sites is 1. The van der Waals surface area contributed by atoms with Crippen molar-refractivity contribution in [3.05, 3.63) is 29.8 Å². The molecule has 1 aromatic carbocycles. The highest BCUT2D eigenvalue weighted by molar-refractivity contribution is 5.96. The van der Waals surface area contributed by atoms with E-state index in [1.54, 1.807) is 0 Å². The van der Waals surface area contributed by atoms with E-state index in [0.717, 1.165) is 44.6 Å². The first-order valence-corrected chi connectivity index (χ1v) is 7.38. The van der Waals surface area contributed by atoms with Crippen LogP contribution in [0, 0.1) is 5.92 Å². The van der Waals surface area contributed by atoms with E-state index < -0.39 is 0 Å². The zero-order valence-electron chi connectivity index (χ0n) is 12.0. The summed E-state index contributed by atoms with van der Waals surface area (Å²) in [4.78, 5) is 14.8. The molecule has 0 radical (unpaired) electrons. The number of hydrogen-bond donors (Lipinski definition) is 1. The van der Waals surface area contributed by atoms with Crippen LogP contribution in [-0.2, 0) is 4.79 Å². The lowest BCUT2D eigenvalue weighted by atomic mass is 9.89. The van der Waals surface area contributed by atoms with Crippen molar-refractivity contribution in [2.24, 2.45) is 5.92 Å². The topological polar surface area (TPSA) is 32.3 Å². The molecule has 20 heavy (non-hydrogen) atoms. The normalized spacial score (nSPS) is 22.9. The average Bonchev–Trinajstić information content (AvgIpc) is 2.48. The van der Waals surface area contributed by atoms with Gasteiger partial charge in [-0.3, -0.25) is 4.79 Å². The van der Waals surface area contributed by atoms with E-state index in [-0.39, 0.29) is 18.3 Å². The van der Waals surface area contributed by atoms with Crippen LogP contribution in [0.15, 0.2) is 24.3 Å². The first-order valence-electron chi connectivity index (χ1n) is 7.38. The van der Waals surface area contributed by atoms with Gasteiger partial charge in [0.25, 0.3) is 0 Å². The molecule has 1 N–H and O–H groups in total. The maximum absolute atomic E-state index is 12.7. The van der Waals surface area contributed by atoms with Crippen molar-refractivity contribution in [3.8, 4) is 0 Å². The Balaban J connectivity index is 0.00000147. The Morgan fingerprint density at radius 2 is 1.90 bits per heavy atom. The Morgan fingerprint density at radius 1 is 1.20 bits per heavy atom. The van der Waals surface area contributed by atoms with E-state index in [2.05, 4.69) is 30.4 Å². The van der Waals surface area contributed by atoms with Gasteiger partial charge in [-0.25, -0.2) is 0 Å². The van der Waals surface area contributed by atoms with E-state index in [1.807, 2.05) is 11.0 Å². The summed E-state index contributed by atoms with van der Waals surface area (Å²) in [6.45, 7) is 5.08. The van der Waals surface area contributed by atoms with Crippen LogP contribution in [0.1, 0.15) is 37.7 Å². The van der Waals surface area contributed by atoms with Gasteiger partial charge in [-0.1, -0.05) is 25.1 Å². The fraction of sp³-hybridized carbons (Fsp3) is 0.562. The molecule has 4 heteroatoms. The fourth-order valence-electron chi connectivity index (χ4n) is 3.27. The summed E-state index contributed by atoms with van der Waals surface area (Å²) in [6.07, 6.45) is 3.04. The molecule has 0 aromatic heterocycles. The molecule has 1 fully saturated rings. The van der Waals surface area contributed by atoms with Crippen molar-refractivity contribution >= 4 is 24.0 Å². The quantitative estimate of drug-likeness (QED) is 0.864. The van der Waals surface area contributed by atoms with E-state index in [4.69, 9.17) is 0 Å². The zero-order chi connectivity index (χ0) is 13.2. The second-order valence-electron chi connectivity index (χ2n) is 5.76. The molecule has 3 nitrogen and oxygen atoms in total. The maximum atomic E-state index is 12.7. The summed E-state index contributed by atoms with van der Waals surface area (Å²) < 4.78 is 0. The van der Waals surface area contributed by atoms with Gasteiger partial charge in [-0.05, 0) is 49.9 Å². The molecule has 1 atom stereocenters. The van der Waals surface area contributed by atoms with Crippen molar-refractivity contribution < 1.29 is 4.79 Å². The number of nitrogens with one attached hydrogen (secondary N) is 1. The van der Waals surface area contributed by atoms with Gasteiger partial charge in [0.1, 0.15) is 0 Å². The molecule has 0 aliphatic carbocycles. The van der Waals surface area contributed by atoms with Gasteiger partial charge >= 0.3 is 0 Å². The molecule has 1 amide bonds. The number of benzene rings is 1. The number of halogens is 1. The lowest BCUT2D eigenvalue weighted by molar-refractivity contribution is -0.123. The number of hydrogen-bond acceptors (Lipinski definition) is 2. The summed E-state index contributed by atoms with van der Waals surface area (Å²) >= 11 is 0. The van der Waals surface area contributed by atoms with Crippen LogP contribution in [0.4, 0.5) is 5.69 Å². The Morgan fingerprint density at radius 3 is 2.65 bits per heavy atom. The first-order chi connectivity index (χ1) is 9.27. The molecule has 1 saturated heterocycles. The Labute approximate surface area is 127 Å². The third-order valence-electron chi connectivity index (χ3n) is 4.50. The Bertz CT molecular complexity index is 471. The Kier molecular flexibility index (Phi) is 5.06. The minimum Gasteiger partial charge on any atom is -0.317 e. The molecule has 1 aromatic rings. The minimum absolute atomic E-state index is 0. The summed E-state index contributed by atoms with van der Waals surface area (Å²) in [6, 6.07) is 8.39. The van der Waals surface area contributed by atoms with E-state index in [1.165, 1.54) is 5.56 Å². The SMILES string of the molecule is CC1CCN(C(=O)C2CCNCC2)c2ccccc21.Cl. The predicted octanol–water partition coefficient (Wildman–Crippen LogP) is 2.95. The molecule has 3 rings (SSSR count). The van der Waals surface area contributed by atoms with Gasteiger partial charge in [-0.2, -0.15) is 0 Å². The zero-order valence-corrected chi connectivity index (χ0v) is 12.8. The molecule has 0 saturated carbocycles. The summed E-state index contributed by atoms with van der Waals surface area (Å²) in [5, 5.41) is 3.33. The van der Waals surface area contributed by atoms with Gasteiger partial charge in [0.15, 0.2) is 0 Å². The molecule has 2 aliphatic heterocycles. The molecule has 2 aliphatic rings. The van der Waals surface area contributed by atoms with Gasteiger partial charge < -0.3 is 10.2 Å². The van der Waals surface area contributed by atoms with Crippen LogP contribution >= 0.6 is 12.4 Å². The number of rotatable bonds is 1.